The smallest absolute Gasteiger partial charge is 0.307 e. The Morgan fingerprint density at radius 1 is 1.17 bits per heavy atom. The summed E-state index contributed by atoms with van der Waals surface area (Å²) in [6.45, 7) is 6.12. The second-order valence-corrected chi connectivity index (χ2v) is 7.15. The molecule has 0 fully saturated rings. The maximum atomic E-state index is 11.0. The topological polar surface area (TPSA) is 72.5 Å². The van der Waals surface area contributed by atoms with Crippen molar-refractivity contribution in [3.05, 3.63) is 35.9 Å². The van der Waals surface area contributed by atoms with E-state index in [1.165, 1.54) is 5.56 Å². The zero-order valence-corrected chi connectivity index (χ0v) is 15.4. The first-order valence-corrected chi connectivity index (χ1v) is 8.90. The monoisotopic (exact) mass is 335 g/mol. The average Bonchev–Trinajstić information content (AvgIpc) is 2.57. The van der Waals surface area contributed by atoms with Crippen LogP contribution in [0.2, 0.25) is 0 Å². The first-order chi connectivity index (χ1) is 11.3. The summed E-state index contributed by atoms with van der Waals surface area (Å²) in [5.74, 6) is -0.357. The van der Waals surface area contributed by atoms with Gasteiger partial charge in [-0.1, -0.05) is 51.1 Å². The Labute approximate surface area is 146 Å². The van der Waals surface area contributed by atoms with E-state index >= 15 is 0 Å². The van der Waals surface area contributed by atoms with Gasteiger partial charge in [-0.15, -0.1) is 0 Å². The summed E-state index contributed by atoms with van der Waals surface area (Å²) in [5.41, 5.74) is 7.27. The van der Waals surface area contributed by atoms with Gasteiger partial charge in [0.2, 0.25) is 0 Å². The van der Waals surface area contributed by atoms with Crippen LogP contribution < -0.4 is 5.73 Å². The van der Waals surface area contributed by atoms with Crippen molar-refractivity contribution in [2.75, 3.05) is 7.11 Å². The van der Waals surface area contributed by atoms with Crippen LogP contribution in [-0.2, 0) is 16.0 Å². The molecule has 1 aromatic carbocycles. The van der Waals surface area contributed by atoms with Crippen LogP contribution in [0.1, 0.15) is 45.6 Å². The minimum atomic E-state index is -0.814. The lowest BCUT2D eigenvalue weighted by molar-refractivity contribution is -0.141. The second-order valence-electron chi connectivity index (χ2n) is 7.15. The predicted molar refractivity (Wildman–Crippen MR) is 97.9 cm³/mol. The van der Waals surface area contributed by atoms with Crippen molar-refractivity contribution in [2.24, 2.45) is 23.5 Å². The third-order valence-corrected chi connectivity index (χ3v) is 5.02. The van der Waals surface area contributed by atoms with Crippen LogP contribution in [0.4, 0.5) is 0 Å². The van der Waals surface area contributed by atoms with Crippen LogP contribution in [0.3, 0.4) is 0 Å². The predicted octanol–water partition coefficient (Wildman–Crippen LogP) is 3.73. The molecule has 5 unspecified atom stereocenters. The Hall–Kier alpha value is -1.39. The number of rotatable bonds is 11. The molecular weight excluding hydrogens is 302 g/mol. The molecule has 0 aliphatic carbocycles. The van der Waals surface area contributed by atoms with E-state index in [4.69, 9.17) is 15.6 Å². The first-order valence-electron chi connectivity index (χ1n) is 8.90. The second kappa shape index (κ2) is 10.5. The fourth-order valence-electron chi connectivity index (χ4n) is 3.18. The number of carboxylic acid groups (broad SMARTS) is 1. The van der Waals surface area contributed by atoms with Crippen LogP contribution in [0.5, 0.6) is 0 Å². The molecule has 0 saturated heterocycles. The van der Waals surface area contributed by atoms with Crippen LogP contribution in [0, 0.1) is 17.8 Å². The maximum Gasteiger partial charge on any atom is 0.307 e. The number of carbonyl (C=O) groups is 1. The van der Waals surface area contributed by atoms with Gasteiger partial charge in [0.05, 0.1) is 12.0 Å². The van der Waals surface area contributed by atoms with Gasteiger partial charge in [-0.2, -0.15) is 0 Å². The van der Waals surface area contributed by atoms with Crippen LogP contribution in [0.15, 0.2) is 30.3 Å². The molecule has 0 amide bonds. The Bertz CT molecular complexity index is 477. The molecule has 0 radical (unpaired) electrons. The van der Waals surface area contributed by atoms with Crippen LogP contribution in [0.25, 0.3) is 0 Å². The summed E-state index contributed by atoms with van der Waals surface area (Å²) >= 11 is 0. The number of nitrogens with two attached hydrogens (primary N) is 1. The van der Waals surface area contributed by atoms with Gasteiger partial charge in [0.25, 0.3) is 0 Å². The highest BCUT2D eigenvalue weighted by Crippen LogP contribution is 2.24. The Balaban J connectivity index is 2.43. The van der Waals surface area contributed by atoms with Crippen molar-refractivity contribution >= 4 is 5.97 Å². The fourth-order valence-corrected chi connectivity index (χ4v) is 3.18. The molecule has 136 valence electrons. The summed E-state index contributed by atoms with van der Waals surface area (Å²) in [6, 6.07) is 10.1. The lowest BCUT2D eigenvalue weighted by atomic mass is 9.86. The summed E-state index contributed by atoms with van der Waals surface area (Å²) in [4.78, 5) is 11.0. The van der Waals surface area contributed by atoms with Crippen molar-refractivity contribution in [1.29, 1.82) is 0 Å². The molecule has 5 atom stereocenters. The molecule has 24 heavy (non-hydrogen) atoms. The quantitative estimate of drug-likeness (QED) is 0.646. The standard InChI is InChI=1S/C20H33NO3/c1-14(10-11-18(21)16(3)20(22)23)12-15(2)19(24-4)13-17-8-6-5-7-9-17/h5-9,14-16,18-19H,10-13,21H2,1-4H3,(H,22,23). The molecule has 4 heteroatoms. The van der Waals surface area contributed by atoms with Crippen molar-refractivity contribution in [3.8, 4) is 0 Å². The Morgan fingerprint density at radius 2 is 1.79 bits per heavy atom. The number of benzene rings is 1. The Kier molecular flexibility index (Phi) is 9.01. The molecule has 1 rings (SSSR count). The van der Waals surface area contributed by atoms with Crippen molar-refractivity contribution in [3.63, 3.8) is 0 Å². The first kappa shape index (κ1) is 20.7. The minimum absolute atomic E-state index is 0.196. The van der Waals surface area contributed by atoms with Gasteiger partial charge in [-0.25, -0.2) is 0 Å². The van der Waals surface area contributed by atoms with Crippen LogP contribution in [-0.4, -0.2) is 30.3 Å². The number of methoxy groups -OCH3 is 1. The molecule has 0 heterocycles. The maximum absolute atomic E-state index is 11.0. The molecule has 0 saturated carbocycles. The van der Waals surface area contributed by atoms with Crippen molar-refractivity contribution in [2.45, 2.75) is 58.6 Å². The van der Waals surface area contributed by atoms with E-state index in [0.29, 0.717) is 11.8 Å². The summed E-state index contributed by atoms with van der Waals surface area (Å²) in [5, 5.41) is 9.01. The van der Waals surface area contributed by atoms with Crippen molar-refractivity contribution < 1.29 is 14.6 Å². The van der Waals surface area contributed by atoms with E-state index in [0.717, 1.165) is 25.7 Å². The largest absolute Gasteiger partial charge is 0.481 e. The molecule has 0 aliphatic rings. The number of hydrogen-bond acceptors (Lipinski definition) is 3. The van der Waals surface area contributed by atoms with Gasteiger partial charge >= 0.3 is 5.97 Å². The molecule has 1 aromatic rings. The van der Waals surface area contributed by atoms with Crippen molar-refractivity contribution in [1.82, 2.24) is 0 Å². The van der Waals surface area contributed by atoms with E-state index in [1.54, 1.807) is 14.0 Å². The van der Waals surface area contributed by atoms with Gasteiger partial charge in [0.1, 0.15) is 0 Å². The third-order valence-electron chi connectivity index (χ3n) is 5.02. The van der Waals surface area contributed by atoms with E-state index in [2.05, 4.69) is 38.1 Å². The Morgan fingerprint density at radius 3 is 2.33 bits per heavy atom. The molecule has 3 N–H and O–H groups in total. The molecule has 4 nitrogen and oxygen atoms in total. The van der Waals surface area contributed by atoms with E-state index in [9.17, 15) is 4.79 Å². The zero-order chi connectivity index (χ0) is 18.1. The van der Waals surface area contributed by atoms with E-state index < -0.39 is 11.9 Å². The lowest BCUT2D eigenvalue weighted by Gasteiger charge is -2.26. The number of aliphatic carboxylic acids is 1. The molecule has 0 spiro atoms. The van der Waals surface area contributed by atoms with Gasteiger partial charge in [-0.05, 0) is 43.1 Å². The summed E-state index contributed by atoms with van der Waals surface area (Å²) in [7, 11) is 1.78. The fraction of sp³-hybridized carbons (Fsp3) is 0.650. The van der Waals surface area contributed by atoms with E-state index in [-0.39, 0.29) is 12.1 Å². The SMILES string of the molecule is COC(Cc1ccccc1)C(C)CC(C)CCC(N)C(C)C(=O)O. The summed E-state index contributed by atoms with van der Waals surface area (Å²) in [6.07, 6.45) is 3.87. The normalized spacial score (nSPS) is 17.7. The highest BCUT2D eigenvalue weighted by molar-refractivity contribution is 5.70. The number of ether oxygens (including phenoxy) is 1. The number of carboxylic acids is 1. The lowest BCUT2D eigenvalue weighted by Crippen LogP contribution is -2.34. The molecular formula is C20H33NO3. The highest BCUT2D eigenvalue weighted by Gasteiger charge is 2.23. The molecule has 0 aromatic heterocycles. The van der Waals surface area contributed by atoms with Crippen LogP contribution >= 0.6 is 0 Å². The van der Waals surface area contributed by atoms with Gasteiger partial charge < -0.3 is 15.6 Å². The zero-order valence-electron chi connectivity index (χ0n) is 15.4. The van der Waals surface area contributed by atoms with Gasteiger partial charge in [0, 0.05) is 13.2 Å². The third kappa shape index (κ3) is 7.02. The van der Waals surface area contributed by atoms with E-state index in [1.807, 2.05) is 6.07 Å². The molecule has 0 aliphatic heterocycles. The van der Waals surface area contributed by atoms with Gasteiger partial charge in [-0.3, -0.25) is 4.79 Å². The number of hydrogen-bond donors (Lipinski definition) is 2. The minimum Gasteiger partial charge on any atom is -0.481 e. The van der Waals surface area contributed by atoms with Gasteiger partial charge in [0.15, 0.2) is 0 Å². The highest BCUT2D eigenvalue weighted by atomic mass is 16.5. The molecule has 0 bridgehead atoms. The average molecular weight is 335 g/mol. The summed E-state index contributed by atoms with van der Waals surface area (Å²) < 4.78 is 5.71.